The summed E-state index contributed by atoms with van der Waals surface area (Å²) in [5.41, 5.74) is 0.514. The number of ether oxygens (including phenoxy) is 1. The van der Waals surface area contributed by atoms with Crippen LogP contribution >= 0.6 is 0 Å². The van der Waals surface area contributed by atoms with Crippen molar-refractivity contribution >= 4 is 5.82 Å². The molecule has 0 aromatic carbocycles. The molecule has 1 aromatic rings. The molecule has 1 fully saturated rings. The number of anilines is 1. The van der Waals surface area contributed by atoms with Gasteiger partial charge in [0, 0.05) is 18.1 Å². The highest BCUT2D eigenvalue weighted by Gasteiger charge is 2.53. The second-order valence-corrected chi connectivity index (χ2v) is 5.22. The highest BCUT2D eigenvalue weighted by molar-refractivity contribution is 5.37. The van der Waals surface area contributed by atoms with E-state index in [-0.39, 0.29) is 5.41 Å². The topological polar surface area (TPSA) is 70.8 Å². The Morgan fingerprint density at radius 1 is 1.35 bits per heavy atom. The van der Waals surface area contributed by atoms with Gasteiger partial charge in [0.15, 0.2) is 5.69 Å². The molecule has 20 heavy (non-hydrogen) atoms. The summed E-state index contributed by atoms with van der Waals surface area (Å²) in [6.45, 7) is 7.24. The highest BCUT2D eigenvalue weighted by atomic mass is 16.5. The maximum absolute atomic E-state index is 8.73. The van der Waals surface area contributed by atoms with Gasteiger partial charge in [-0.3, -0.25) is 0 Å². The number of nitrogens with zero attached hydrogens (tertiary/aromatic N) is 3. The van der Waals surface area contributed by atoms with Gasteiger partial charge in [-0.1, -0.05) is 13.8 Å². The van der Waals surface area contributed by atoms with Crippen molar-refractivity contribution in [2.24, 2.45) is 5.41 Å². The number of nitriles is 1. The molecule has 5 heteroatoms. The van der Waals surface area contributed by atoms with E-state index < -0.39 is 0 Å². The van der Waals surface area contributed by atoms with Crippen LogP contribution in [0.2, 0.25) is 0 Å². The van der Waals surface area contributed by atoms with Crippen molar-refractivity contribution in [2.45, 2.75) is 52.2 Å². The standard InChI is InChI=1S/C15H22N4O/c1-4-15(5-2)12(7-13(15)20-6-3)19-14-10-17-11(8-16)9-18-14/h9-10,12-13H,4-7H2,1-3H3,(H,18,19). The predicted molar refractivity (Wildman–Crippen MR) is 77.2 cm³/mol. The van der Waals surface area contributed by atoms with Gasteiger partial charge in [-0.15, -0.1) is 0 Å². The molecule has 0 radical (unpaired) electrons. The van der Waals surface area contributed by atoms with E-state index >= 15 is 0 Å². The first-order valence-electron chi connectivity index (χ1n) is 7.30. The molecule has 1 saturated carbocycles. The Hall–Kier alpha value is -1.67. The van der Waals surface area contributed by atoms with Crippen LogP contribution in [0.5, 0.6) is 0 Å². The molecule has 0 spiro atoms. The summed E-state index contributed by atoms with van der Waals surface area (Å²) in [6, 6.07) is 2.33. The van der Waals surface area contributed by atoms with Crippen LogP contribution in [-0.2, 0) is 4.74 Å². The van der Waals surface area contributed by atoms with Crippen LogP contribution in [-0.4, -0.2) is 28.7 Å². The summed E-state index contributed by atoms with van der Waals surface area (Å²) in [6.07, 6.45) is 6.61. The lowest BCUT2D eigenvalue weighted by Gasteiger charge is -2.55. The molecule has 1 heterocycles. The minimum atomic E-state index is 0.172. The second kappa shape index (κ2) is 6.19. The molecule has 2 atom stereocenters. The van der Waals surface area contributed by atoms with Crippen molar-refractivity contribution in [2.75, 3.05) is 11.9 Å². The van der Waals surface area contributed by atoms with E-state index in [4.69, 9.17) is 10.00 Å². The SMILES string of the molecule is CCOC1CC(Nc2cnc(C#N)cn2)C1(CC)CC. The van der Waals surface area contributed by atoms with Crippen LogP contribution in [0, 0.1) is 16.7 Å². The van der Waals surface area contributed by atoms with Gasteiger partial charge in [0.05, 0.1) is 18.5 Å². The molecule has 0 amide bonds. The quantitative estimate of drug-likeness (QED) is 0.863. The zero-order valence-electron chi connectivity index (χ0n) is 12.4. The Balaban J connectivity index is 2.07. The highest BCUT2D eigenvalue weighted by Crippen LogP contribution is 2.49. The molecular formula is C15H22N4O. The van der Waals surface area contributed by atoms with E-state index in [0.717, 1.165) is 31.7 Å². The summed E-state index contributed by atoms with van der Waals surface area (Å²) < 4.78 is 5.86. The third-order valence-corrected chi connectivity index (χ3v) is 4.56. The van der Waals surface area contributed by atoms with E-state index in [1.54, 1.807) is 6.20 Å². The van der Waals surface area contributed by atoms with Crippen molar-refractivity contribution in [1.29, 1.82) is 5.26 Å². The van der Waals surface area contributed by atoms with Gasteiger partial charge < -0.3 is 10.1 Å². The van der Waals surface area contributed by atoms with E-state index in [1.165, 1.54) is 6.20 Å². The smallest absolute Gasteiger partial charge is 0.158 e. The van der Waals surface area contributed by atoms with Gasteiger partial charge in [0.2, 0.25) is 0 Å². The van der Waals surface area contributed by atoms with Crippen molar-refractivity contribution in [3.05, 3.63) is 18.1 Å². The van der Waals surface area contributed by atoms with Crippen molar-refractivity contribution in [3.63, 3.8) is 0 Å². The molecule has 2 rings (SSSR count). The number of hydrogen-bond donors (Lipinski definition) is 1. The molecule has 1 aromatic heterocycles. The van der Waals surface area contributed by atoms with Gasteiger partial charge in [0.25, 0.3) is 0 Å². The largest absolute Gasteiger partial charge is 0.378 e. The van der Waals surface area contributed by atoms with Crippen LogP contribution in [0.15, 0.2) is 12.4 Å². The average molecular weight is 274 g/mol. The van der Waals surface area contributed by atoms with Crippen LogP contribution in [0.1, 0.15) is 45.7 Å². The Bertz CT molecular complexity index is 476. The molecule has 2 unspecified atom stereocenters. The monoisotopic (exact) mass is 274 g/mol. The fraction of sp³-hybridized carbons (Fsp3) is 0.667. The van der Waals surface area contributed by atoms with Gasteiger partial charge in [-0.25, -0.2) is 9.97 Å². The normalized spacial score (nSPS) is 23.7. The first-order valence-corrected chi connectivity index (χ1v) is 7.30. The molecule has 108 valence electrons. The summed E-state index contributed by atoms with van der Waals surface area (Å²) in [5.74, 6) is 0.732. The molecular weight excluding hydrogens is 252 g/mol. The molecule has 1 aliphatic carbocycles. The van der Waals surface area contributed by atoms with E-state index in [1.807, 2.05) is 13.0 Å². The maximum Gasteiger partial charge on any atom is 0.158 e. The summed E-state index contributed by atoms with van der Waals surface area (Å²) in [4.78, 5) is 8.29. The van der Waals surface area contributed by atoms with Crippen LogP contribution in [0.4, 0.5) is 5.82 Å². The fourth-order valence-corrected chi connectivity index (χ4v) is 3.22. The summed E-state index contributed by atoms with van der Waals surface area (Å²) in [5, 5.41) is 12.2. The third kappa shape index (κ3) is 2.48. The molecule has 0 aliphatic heterocycles. The van der Waals surface area contributed by atoms with Crippen molar-refractivity contribution < 1.29 is 4.74 Å². The molecule has 0 saturated heterocycles. The summed E-state index contributed by atoms with van der Waals surface area (Å²) in [7, 11) is 0. The number of rotatable bonds is 6. The van der Waals surface area contributed by atoms with E-state index in [2.05, 4.69) is 29.1 Å². The summed E-state index contributed by atoms with van der Waals surface area (Å²) >= 11 is 0. The van der Waals surface area contributed by atoms with Crippen LogP contribution in [0.3, 0.4) is 0 Å². The molecule has 1 aliphatic rings. The average Bonchev–Trinajstić information content (AvgIpc) is 2.48. The third-order valence-electron chi connectivity index (χ3n) is 4.56. The number of aromatic nitrogens is 2. The lowest BCUT2D eigenvalue weighted by atomic mass is 9.58. The predicted octanol–water partition coefficient (Wildman–Crippen LogP) is 2.74. The maximum atomic E-state index is 8.73. The van der Waals surface area contributed by atoms with E-state index in [0.29, 0.717) is 17.8 Å². The van der Waals surface area contributed by atoms with Gasteiger partial charge in [0.1, 0.15) is 11.9 Å². The lowest BCUT2D eigenvalue weighted by molar-refractivity contribution is -0.121. The number of hydrogen-bond acceptors (Lipinski definition) is 5. The van der Waals surface area contributed by atoms with Gasteiger partial charge in [-0.05, 0) is 26.2 Å². The lowest BCUT2D eigenvalue weighted by Crippen LogP contribution is -2.60. The number of nitrogens with one attached hydrogen (secondary N) is 1. The fourth-order valence-electron chi connectivity index (χ4n) is 3.22. The molecule has 0 bridgehead atoms. The Labute approximate surface area is 120 Å². The van der Waals surface area contributed by atoms with Crippen LogP contribution in [0.25, 0.3) is 0 Å². The first-order chi connectivity index (χ1) is 9.70. The Kier molecular flexibility index (Phi) is 4.56. The van der Waals surface area contributed by atoms with Gasteiger partial charge in [-0.2, -0.15) is 5.26 Å². The van der Waals surface area contributed by atoms with Crippen molar-refractivity contribution in [1.82, 2.24) is 9.97 Å². The Morgan fingerprint density at radius 3 is 2.60 bits per heavy atom. The second-order valence-electron chi connectivity index (χ2n) is 5.22. The van der Waals surface area contributed by atoms with Crippen LogP contribution < -0.4 is 5.32 Å². The molecule has 1 N–H and O–H groups in total. The Morgan fingerprint density at radius 2 is 2.10 bits per heavy atom. The van der Waals surface area contributed by atoms with Crippen molar-refractivity contribution in [3.8, 4) is 6.07 Å². The minimum absolute atomic E-state index is 0.172. The molecule has 5 nitrogen and oxygen atoms in total. The van der Waals surface area contributed by atoms with E-state index in [9.17, 15) is 0 Å². The minimum Gasteiger partial charge on any atom is -0.378 e. The first kappa shape index (κ1) is 14.7. The zero-order valence-corrected chi connectivity index (χ0v) is 12.4. The zero-order chi connectivity index (χ0) is 14.6. The van der Waals surface area contributed by atoms with Gasteiger partial charge >= 0.3 is 0 Å².